The van der Waals surface area contributed by atoms with Gasteiger partial charge in [-0.05, 0) is 43.2 Å². The molecule has 0 amide bonds. The molecule has 8 heteroatoms. The number of ether oxygens (including phenoxy) is 1. The van der Waals surface area contributed by atoms with Gasteiger partial charge in [-0.15, -0.1) is 5.10 Å². The molecule has 0 fully saturated rings. The van der Waals surface area contributed by atoms with Gasteiger partial charge in [-0.2, -0.15) is 10.1 Å². The van der Waals surface area contributed by atoms with E-state index in [-0.39, 0.29) is 5.82 Å². The largest absolute Gasteiger partial charge is 0.462 e. The Morgan fingerprint density at radius 3 is 2.71 bits per heavy atom. The Balaban J connectivity index is 1.64. The van der Waals surface area contributed by atoms with Crippen molar-refractivity contribution in [3.8, 4) is 0 Å². The van der Waals surface area contributed by atoms with Crippen molar-refractivity contribution in [2.45, 2.75) is 13.3 Å². The third-order valence-electron chi connectivity index (χ3n) is 3.85. The van der Waals surface area contributed by atoms with Crippen molar-refractivity contribution in [3.05, 3.63) is 71.7 Å². The molecular weight excluding hydrogens is 361 g/mol. The molecule has 0 saturated carbocycles. The predicted octanol–water partition coefficient (Wildman–Crippen LogP) is 3.59. The van der Waals surface area contributed by atoms with Crippen molar-refractivity contribution in [2.75, 3.05) is 23.8 Å². The molecule has 1 heterocycles. The molecular formula is C20H20FN5O2. The minimum Gasteiger partial charge on any atom is -0.462 e. The van der Waals surface area contributed by atoms with E-state index >= 15 is 0 Å². The van der Waals surface area contributed by atoms with Crippen molar-refractivity contribution in [3.63, 3.8) is 0 Å². The number of esters is 1. The van der Waals surface area contributed by atoms with Crippen molar-refractivity contribution in [2.24, 2.45) is 0 Å². The standard InChI is InChI=1S/C20H20FN5O2/c1-2-28-19(27)16-5-3-4-6-17(16)24-18-13-23-26-20(25-18)22-12-11-14-7-9-15(21)10-8-14/h3-10,13H,2,11-12H2,1H3,(H2,22,24,25,26). The molecule has 2 aromatic carbocycles. The molecule has 2 N–H and O–H groups in total. The molecule has 0 aliphatic heterocycles. The van der Waals surface area contributed by atoms with E-state index in [0.29, 0.717) is 42.6 Å². The Labute approximate surface area is 162 Å². The third-order valence-corrected chi connectivity index (χ3v) is 3.85. The van der Waals surface area contributed by atoms with Crippen LogP contribution in [0.4, 0.5) is 21.8 Å². The van der Waals surface area contributed by atoms with Gasteiger partial charge in [0.1, 0.15) is 5.82 Å². The van der Waals surface area contributed by atoms with Gasteiger partial charge in [-0.25, -0.2) is 9.18 Å². The molecule has 1 aromatic heterocycles. The van der Waals surface area contributed by atoms with E-state index < -0.39 is 5.97 Å². The summed E-state index contributed by atoms with van der Waals surface area (Å²) in [5, 5.41) is 14.0. The number of halogens is 1. The minimum atomic E-state index is -0.412. The number of carbonyl (C=O) groups is 1. The Morgan fingerprint density at radius 2 is 1.93 bits per heavy atom. The van der Waals surface area contributed by atoms with Gasteiger partial charge in [-0.1, -0.05) is 24.3 Å². The molecule has 7 nitrogen and oxygen atoms in total. The lowest BCUT2D eigenvalue weighted by atomic mass is 10.1. The summed E-state index contributed by atoms with van der Waals surface area (Å²) in [4.78, 5) is 16.4. The molecule has 0 spiro atoms. The quantitative estimate of drug-likeness (QED) is 0.577. The van der Waals surface area contributed by atoms with Gasteiger partial charge in [0.2, 0.25) is 5.95 Å². The summed E-state index contributed by atoms with van der Waals surface area (Å²) in [6, 6.07) is 13.3. The molecule has 0 aliphatic carbocycles. The van der Waals surface area contributed by atoms with Crippen LogP contribution in [0.5, 0.6) is 0 Å². The predicted molar refractivity (Wildman–Crippen MR) is 104 cm³/mol. The first-order valence-corrected chi connectivity index (χ1v) is 8.87. The lowest BCUT2D eigenvalue weighted by Crippen LogP contribution is -2.11. The lowest BCUT2D eigenvalue weighted by molar-refractivity contribution is 0.0527. The second-order valence-corrected chi connectivity index (χ2v) is 5.86. The maximum Gasteiger partial charge on any atom is 0.340 e. The van der Waals surface area contributed by atoms with Crippen molar-refractivity contribution in [1.82, 2.24) is 15.2 Å². The van der Waals surface area contributed by atoms with Crippen LogP contribution in [0.15, 0.2) is 54.7 Å². The van der Waals surface area contributed by atoms with Gasteiger partial charge in [0.15, 0.2) is 5.82 Å². The molecule has 0 bridgehead atoms. The first kappa shape index (κ1) is 19.2. The number of nitrogens with one attached hydrogen (secondary N) is 2. The average molecular weight is 381 g/mol. The summed E-state index contributed by atoms with van der Waals surface area (Å²) < 4.78 is 18.0. The van der Waals surface area contributed by atoms with Gasteiger partial charge < -0.3 is 15.4 Å². The smallest absolute Gasteiger partial charge is 0.340 e. The number of hydrogen-bond acceptors (Lipinski definition) is 7. The number of anilines is 3. The van der Waals surface area contributed by atoms with Gasteiger partial charge in [0.05, 0.1) is 24.1 Å². The van der Waals surface area contributed by atoms with E-state index in [9.17, 15) is 9.18 Å². The molecule has 0 saturated heterocycles. The molecule has 0 unspecified atom stereocenters. The van der Waals surface area contributed by atoms with Crippen LogP contribution in [0.3, 0.4) is 0 Å². The summed E-state index contributed by atoms with van der Waals surface area (Å²) in [5.74, 6) is 0.119. The van der Waals surface area contributed by atoms with E-state index in [1.807, 2.05) is 6.07 Å². The lowest BCUT2D eigenvalue weighted by Gasteiger charge is -2.11. The first-order chi connectivity index (χ1) is 13.7. The van der Waals surface area contributed by atoms with Crippen LogP contribution in [0, 0.1) is 5.82 Å². The number of carbonyl (C=O) groups excluding carboxylic acids is 1. The van der Waals surface area contributed by atoms with Crippen LogP contribution in [0.25, 0.3) is 0 Å². The first-order valence-electron chi connectivity index (χ1n) is 8.87. The van der Waals surface area contributed by atoms with Crippen LogP contribution >= 0.6 is 0 Å². The van der Waals surface area contributed by atoms with Gasteiger partial charge in [0.25, 0.3) is 0 Å². The summed E-state index contributed by atoms with van der Waals surface area (Å²) in [6.45, 7) is 2.62. The minimum absolute atomic E-state index is 0.258. The fourth-order valence-electron chi connectivity index (χ4n) is 2.53. The highest BCUT2D eigenvalue weighted by Crippen LogP contribution is 2.20. The van der Waals surface area contributed by atoms with E-state index in [1.165, 1.54) is 18.3 Å². The Bertz CT molecular complexity index is 934. The van der Waals surface area contributed by atoms with Crippen molar-refractivity contribution >= 4 is 23.4 Å². The van der Waals surface area contributed by atoms with Crippen molar-refractivity contribution in [1.29, 1.82) is 0 Å². The topological polar surface area (TPSA) is 89.0 Å². The third kappa shape index (κ3) is 5.23. The fraction of sp³-hybridized carbons (Fsp3) is 0.200. The fourth-order valence-corrected chi connectivity index (χ4v) is 2.53. The SMILES string of the molecule is CCOC(=O)c1ccccc1Nc1cnnc(NCCc2ccc(F)cc2)n1. The highest BCUT2D eigenvalue weighted by molar-refractivity contribution is 5.96. The van der Waals surface area contributed by atoms with Gasteiger partial charge in [-0.3, -0.25) is 0 Å². The summed E-state index contributed by atoms with van der Waals surface area (Å²) in [7, 11) is 0. The monoisotopic (exact) mass is 381 g/mol. The molecule has 0 radical (unpaired) electrons. The van der Waals surface area contributed by atoms with Crippen LogP contribution < -0.4 is 10.6 Å². The average Bonchev–Trinajstić information content (AvgIpc) is 2.70. The Morgan fingerprint density at radius 1 is 1.14 bits per heavy atom. The summed E-state index contributed by atoms with van der Waals surface area (Å²) in [5.41, 5.74) is 1.98. The summed E-state index contributed by atoms with van der Waals surface area (Å²) >= 11 is 0. The number of nitrogens with zero attached hydrogens (tertiary/aromatic N) is 3. The number of hydrogen-bond donors (Lipinski definition) is 2. The number of benzene rings is 2. The maximum atomic E-state index is 12.9. The molecule has 0 aliphatic rings. The number of aromatic nitrogens is 3. The molecule has 0 atom stereocenters. The van der Waals surface area contributed by atoms with E-state index in [1.54, 1.807) is 37.3 Å². The highest BCUT2D eigenvalue weighted by atomic mass is 19.1. The van der Waals surface area contributed by atoms with Crippen molar-refractivity contribution < 1.29 is 13.9 Å². The highest BCUT2D eigenvalue weighted by Gasteiger charge is 2.12. The van der Waals surface area contributed by atoms with Crippen LogP contribution in [0.2, 0.25) is 0 Å². The number of para-hydroxylation sites is 1. The van der Waals surface area contributed by atoms with E-state index in [4.69, 9.17) is 4.74 Å². The van der Waals surface area contributed by atoms with Crippen LogP contribution in [-0.4, -0.2) is 34.3 Å². The zero-order valence-corrected chi connectivity index (χ0v) is 15.4. The van der Waals surface area contributed by atoms with E-state index in [2.05, 4.69) is 25.8 Å². The maximum absolute atomic E-state index is 12.9. The Hall–Kier alpha value is -3.55. The van der Waals surface area contributed by atoms with Crippen LogP contribution in [-0.2, 0) is 11.2 Å². The molecule has 28 heavy (non-hydrogen) atoms. The normalized spacial score (nSPS) is 10.4. The van der Waals surface area contributed by atoms with E-state index in [0.717, 1.165) is 5.56 Å². The molecule has 3 rings (SSSR count). The van der Waals surface area contributed by atoms with Gasteiger partial charge in [0, 0.05) is 6.54 Å². The van der Waals surface area contributed by atoms with Crippen LogP contribution in [0.1, 0.15) is 22.8 Å². The second-order valence-electron chi connectivity index (χ2n) is 5.86. The molecule has 144 valence electrons. The van der Waals surface area contributed by atoms with Gasteiger partial charge >= 0.3 is 5.97 Å². The molecule has 3 aromatic rings. The zero-order chi connectivity index (χ0) is 19.8. The zero-order valence-electron chi connectivity index (χ0n) is 15.4. The Kier molecular flexibility index (Phi) is 6.46. The second kappa shape index (κ2) is 9.40. The number of rotatable bonds is 8. The summed E-state index contributed by atoms with van der Waals surface area (Å²) in [6.07, 6.45) is 2.15.